The van der Waals surface area contributed by atoms with Gasteiger partial charge in [0.25, 0.3) is 5.69 Å². The first-order valence-corrected chi connectivity index (χ1v) is 5.81. The highest BCUT2D eigenvalue weighted by Gasteiger charge is 2.21. The fourth-order valence-electron chi connectivity index (χ4n) is 1.38. The number of nitro groups is 1. The summed E-state index contributed by atoms with van der Waals surface area (Å²) in [6.45, 7) is 1.86. The molecule has 0 heterocycles. The Hall–Kier alpha value is -1.94. The number of ether oxygens (including phenoxy) is 1. The van der Waals surface area contributed by atoms with E-state index in [2.05, 4.69) is 15.9 Å². The maximum Gasteiger partial charge on any atom is 0.310 e. The van der Waals surface area contributed by atoms with Gasteiger partial charge in [-0.2, -0.15) is 5.26 Å². The van der Waals surface area contributed by atoms with Crippen LogP contribution in [0.2, 0.25) is 0 Å². The van der Waals surface area contributed by atoms with Crippen molar-refractivity contribution in [1.29, 1.82) is 5.26 Å². The summed E-state index contributed by atoms with van der Waals surface area (Å²) in [6.07, 6.45) is -0.212. The van der Waals surface area contributed by atoms with Crippen molar-refractivity contribution in [3.8, 4) is 6.07 Å². The topological polar surface area (TPSA) is 93.2 Å². The van der Waals surface area contributed by atoms with Crippen LogP contribution in [0.5, 0.6) is 0 Å². The zero-order chi connectivity index (χ0) is 13.7. The standard InChI is InChI=1S/C11H9BrN2O4/c1-2-18-11(15)5-8-9(12)3-7(6-13)4-10(8)14(16)17/h3-4H,2,5H2,1H3. The highest BCUT2D eigenvalue weighted by Crippen LogP contribution is 2.29. The van der Waals surface area contributed by atoms with Crippen LogP contribution in [-0.4, -0.2) is 17.5 Å². The zero-order valence-electron chi connectivity index (χ0n) is 9.47. The number of nitro benzene ring substituents is 1. The molecule has 0 bridgehead atoms. The number of nitrogens with zero attached hydrogens (tertiary/aromatic N) is 2. The van der Waals surface area contributed by atoms with E-state index in [1.54, 1.807) is 6.92 Å². The van der Waals surface area contributed by atoms with Crippen LogP contribution in [0.15, 0.2) is 16.6 Å². The van der Waals surface area contributed by atoms with E-state index >= 15 is 0 Å². The van der Waals surface area contributed by atoms with Crippen molar-refractivity contribution in [2.24, 2.45) is 0 Å². The summed E-state index contributed by atoms with van der Waals surface area (Å²) < 4.78 is 5.09. The minimum Gasteiger partial charge on any atom is -0.466 e. The Morgan fingerprint density at radius 3 is 2.78 bits per heavy atom. The van der Waals surface area contributed by atoms with E-state index in [4.69, 9.17) is 10.00 Å². The van der Waals surface area contributed by atoms with Crippen molar-refractivity contribution < 1.29 is 14.5 Å². The largest absolute Gasteiger partial charge is 0.466 e. The van der Waals surface area contributed by atoms with Gasteiger partial charge in [0.05, 0.1) is 35.1 Å². The number of nitriles is 1. The van der Waals surface area contributed by atoms with Gasteiger partial charge in [0.2, 0.25) is 0 Å². The maximum atomic E-state index is 11.4. The van der Waals surface area contributed by atoms with Crippen LogP contribution in [0, 0.1) is 21.4 Å². The first-order chi connectivity index (χ1) is 8.49. The lowest BCUT2D eigenvalue weighted by Gasteiger charge is -2.06. The second kappa shape index (κ2) is 6.12. The van der Waals surface area contributed by atoms with E-state index in [9.17, 15) is 14.9 Å². The molecule has 1 aromatic rings. The summed E-state index contributed by atoms with van der Waals surface area (Å²) >= 11 is 3.12. The average molecular weight is 313 g/mol. The van der Waals surface area contributed by atoms with E-state index in [1.165, 1.54) is 6.07 Å². The Kier molecular flexibility index (Phi) is 4.80. The normalized spacial score (nSPS) is 9.61. The van der Waals surface area contributed by atoms with Crippen LogP contribution in [0.25, 0.3) is 0 Å². The van der Waals surface area contributed by atoms with Crippen LogP contribution < -0.4 is 0 Å². The minimum atomic E-state index is -0.625. The molecule has 0 aliphatic heterocycles. The molecule has 0 amide bonds. The number of benzene rings is 1. The molecule has 0 unspecified atom stereocenters. The molecule has 1 rings (SSSR count). The van der Waals surface area contributed by atoms with Crippen molar-refractivity contribution in [2.75, 3.05) is 6.61 Å². The SMILES string of the molecule is CCOC(=O)Cc1c(Br)cc(C#N)cc1[N+](=O)[O-]. The Labute approximate surface area is 111 Å². The molecule has 1 aromatic carbocycles. The van der Waals surface area contributed by atoms with Crippen LogP contribution in [0.3, 0.4) is 0 Å². The number of carbonyl (C=O) groups excluding carboxylic acids is 1. The van der Waals surface area contributed by atoms with Crippen molar-refractivity contribution in [2.45, 2.75) is 13.3 Å². The molecule has 18 heavy (non-hydrogen) atoms. The van der Waals surface area contributed by atoms with Crippen molar-refractivity contribution in [3.63, 3.8) is 0 Å². The van der Waals surface area contributed by atoms with Crippen LogP contribution in [-0.2, 0) is 16.0 Å². The number of esters is 1. The van der Waals surface area contributed by atoms with E-state index in [0.29, 0.717) is 4.47 Å². The number of hydrogen-bond acceptors (Lipinski definition) is 5. The molecule has 6 nitrogen and oxygen atoms in total. The van der Waals surface area contributed by atoms with Gasteiger partial charge in [-0.25, -0.2) is 0 Å². The predicted octanol–water partition coefficient (Wildman–Crippen LogP) is 2.33. The molecular formula is C11H9BrN2O4. The Balaban J connectivity index is 3.21. The predicted molar refractivity (Wildman–Crippen MR) is 65.8 cm³/mol. The number of halogens is 1. The number of rotatable bonds is 4. The van der Waals surface area contributed by atoms with Gasteiger partial charge in [-0.15, -0.1) is 0 Å². The third-order valence-electron chi connectivity index (χ3n) is 2.12. The number of carbonyl (C=O) groups is 1. The fraction of sp³-hybridized carbons (Fsp3) is 0.273. The van der Waals surface area contributed by atoms with Crippen LogP contribution >= 0.6 is 15.9 Å². The summed E-state index contributed by atoms with van der Waals surface area (Å²) in [4.78, 5) is 21.6. The molecule has 0 radical (unpaired) electrons. The van der Waals surface area contributed by atoms with Gasteiger partial charge in [-0.1, -0.05) is 15.9 Å². The highest BCUT2D eigenvalue weighted by molar-refractivity contribution is 9.10. The maximum absolute atomic E-state index is 11.4. The second-order valence-electron chi connectivity index (χ2n) is 3.31. The van der Waals surface area contributed by atoms with Gasteiger partial charge >= 0.3 is 5.97 Å². The molecule has 0 N–H and O–H groups in total. The van der Waals surface area contributed by atoms with Gasteiger partial charge in [0.15, 0.2) is 0 Å². The molecule has 94 valence electrons. The third-order valence-corrected chi connectivity index (χ3v) is 2.83. The van der Waals surface area contributed by atoms with Crippen LogP contribution in [0.4, 0.5) is 5.69 Å². The lowest BCUT2D eigenvalue weighted by molar-refractivity contribution is -0.385. The summed E-state index contributed by atoms with van der Waals surface area (Å²) in [7, 11) is 0. The summed E-state index contributed by atoms with van der Waals surface area (Å²) in [5, 5.41) is 19.6. The average Bonchev–Trinajstić information content (AvgIpc) is 2.31. The summed E-state index contributed by atoms with van der Waals surface area (Å²) in [6, 6.07) is 4.39. The fourth-order valence-corrected chi connectivity index (χ4v) is 1.97. The third kappa shape index (κ3) is 3.28. The second-order valence-corrected chi connectivity index (χ2v) is 4.16. The smallest absolute Gasteiger partial charge is 0.310 e. The molecule has 0 atom stereocenters. The lowest BCUT2D eigenvalue weighted by Crippen LogP contribution is -2.10. The zero-order valence-corrected chi connectivity index (χ0v) is 11.1. The first kappa shape index (κ1) is 14.1. The van der Waals surface area contributed by atoms with Crippen molar-refractivity contribution >= 4 is 27.6 Å². The molecule has 0 fully saturated rings. The number of hydrogen-bond donors (Lipinski definition) is 0. The van der Waals surface area contributed by atoms with Gasteiger partial charge in [0, 0.05) is 10.5 Å². The molecular weight excluding hydrogens is 304 g/mol. The van der Waals surface area contributed by atoms with Gasteiger partial charge < -0.3 is 4.74 Å². The van der Waals surface area contributed by atoms with E-state index in [-0.39, 0.29) is 29.8 Å². The Bertz CT molecular complexity index is 537. The van der Waals surface area contributed by atoms with Gasteiger partial charge in [-0.3, -0.25) is 14.9 Å². The Morgan fingerprint density at radius 2 is 2.28 bits per heavy atom. The van der Waals surface area contributed by atoms with Crippen LogP contribution in [0.1, 0.15) is 18.1 Å². The molecule has 0 aromatic heterocycles. The molecule has 0 saturated carbocycles. The quantitative estimate of drug-likeness (QED) is 0.483. The molecule has 0 spiro atoms. The monoisotopic (exact) mass is 312 g/mol. The van der Waals surface area contributed by atoms with Gasteiger partial charge in [-0.05, 0) is 13.0 Å². The summed E-state index contributed by atoms with van der Waals surface area (Å²) in [5.41, 5.74) is 0.0904. The van der Waals surface area contributed by atoms with Gasteiger partial charge in [0.1, 0.15) is 0 Å². The van der Waals surface area contributed by atoms with E-state index < -0.39 is 10.9 Å². The highest BCUT2D eigenvalue weighted by atomic mass is 79.9. The molecule has 0 aliphatic rings. The molecule has 0 saturated heterocycles. The lowest BCUT2D eigenvalue weighted by atomic mass is 10.1. The van der Waals surface area contributed by atoms with E-state index in [0.717, 1.165) is 6.07 Å². The minimum absolute atomic E-state index is 0.154. The summed E-state index contributed by atoms with van der Waals surface area (Å²) in [5.74, 6) is -0.550. The first-order valence-electron chi connectivity index (χ1n) is 5.02. The van der Waals surface area contributed by atoms with E-state index in [1.807, 2.05) is 6.07 Å². The molecule has 0 aliphatic carbocycles. The Morgan fingerprint density at radius 1 is 1.61 bits per heavy atom. The van der Waals surface area contributed by atoms with Crippen molar-refractivity contribution in [1.82, 2.24) is 0 Å². The van der Waals surface area contributed by atoms with Crippen molar-refractivity contribution in [3.05, 3.63) is 37.8 Å². The molecule has 7 heteroatoms.